The summed E-state index contributed by atoms with van der Waals surface area (Å²) in [5.74, 6) is 0.673. The first-order valence-corrected chi connectivity index (χ1v) is 3.97. The number of nitroso groups, excluding NO2 is 1. The van der Waals surface area contributed by atoms with Crippen molar-refractivity contribution in [3.63, 3.8) is 0 Å². The van der Waals surface area contributed by atoms with E-state index < -0.39 is 0 Å². The summed E-state index contributed by atoms with van der Waals surface area (Å²) in [6.45, 7) is 6.31. The zero-order valence-electron chi connectivity index (χ0n) is 7.42. The lowest BCUT2D eigenvalue weighted by Crippen LogP contribution is -2.19. The molecule has 2 atom stereocenters. The Bertz CT molecular complexity index is 112. The molecule has 2 nitrogen and oxygen atoms in total. The summed E-state index contributed by atoms with van der Waals surface area (Å²) in [6.07, 6.45) is 2.18. The highest BCUT2D eigenvalue weighted by Gasteiger charge is 2.16. The topological polar surface area (TPSA) is 20.1 Å². The van der Waals surface area contributed by atoms with Crippen LogP contribution in [0.1, 0.15) is 33.6 Å². The summed E-state index contributed by atoms with van der Waals surface area (Å²) in [5, 5.41) is 0. The van der Waals surface area contributed by atoms with Crippen LogP contribution in [0, 0.1) is 10.8 Å². The van der Waals surface area contributed by atoms with Gasteiger partial charge in [0.1, 0.15) is 0 Å². The van der Waals surface area contributed by atoms with E-state index in [0.29, 0.717) is 5.92 Å². The van der Waals surface area contributed by atoms with E-state index in [-0.39, 0.29) is 6.04 Å². The van der Waals surface area contributed by atoms with E-state index >= 15 is 0 Å². The van der Waals surface area contributed by atoms with Crippen molar-refractivity contribution in [2.75, 3.05) is 7.05 Å². The molecule has 2 unspecified atom stereocenters. The van der Waals surface area contributed by atoms with Crippen molar-refractivity contribution in [2.24, 2.45) is 5.92 Å². The highest BCUT2D eigenvalue weighted by molar-refractivity contribution is 4.54. The first-order chi connectivity index (χ1) is 4.57. The van der Waals surface area contributed by atoms with E-state index in [1.807, 2.05) is 6.92 Å². The zero-order valence-corrected chi connectivity index (χ0v) is 7.42. The van der Waals surface area contributed by atoms with E-state index in [1.165, 1.54) is 0 Å². The second kappa shape index (κ2) is 4.42. The van der Waals surface area contributed by atoms with Crippen LogP contribution in [0.5, 0.6) is 0 Å². The summed E-state index contributed by atoms with van der Waals surface area (Å²) < 4.78 is 1.03. The molecular weight excluding hydrogens is 126 g/mol. The van der Waals surface area contributed by atoms with Crippen LogP contribution >= 0.6 is 0 Å². The minimum Gasteiger partial charge on any atom is -0.0651 e. The van der Waals surface area contributed by atoms with Gasteiger partial charge in [-0.05, 0) is 10.7 Å². The van der Waals surface area contributed by atoms with Gasteiger partial charge >= 0.3 is 0 Å². The van der Waals surface area contributed by atoms with E-state index in [0.717, 1.165) is 17.6 Å². The lowest BCUT2D eigenvalue weighted by molar-refractivity contribution is -0.556. The number of rotatable bonds is 4. The summed E-state index contributed by atoms with van der Waals surface area (Å²) >= 11 is 0. The molecule has 0 aliphatic carbocycles. The predicted molar refractivity (Wildman–Crippen MR) is 43.1 cm³/mol. The van der Waals surface area contributed by atoms with Gasteiger partial charge < -0.3 is 0 Å². The molecule has 0 radical (unpaired) electrons. The molecule has 60 valence electrons. The fourth-order valence-electron chi connectivity index (χ4n) is 0.897. The molecule has 0 aliphatic rings. The summed E-state index contributed by atoms with van der Waals surface area (Å²) in [7, 11) is 1.59. The van der Waals surface area contributed by atoms with Crippen molar-refractivity contribution in [2.45, 2.75) is 39.7 Å². The maximum absolute atomic E-state index is 10.7. The fourth-order valence-corrected chi connectivity index (χ4v) is 0.897. The Morgan fingerprint density at radius 3 is 2.20 bits per heavy atom. The molecule has 0 aromatic rings. The van der Waals surface area contributed by atoms with Crippen molar-refractivity contribution < 1.29 is 4.76 Å². The Kier molecular flexibility index (Phi) is 4.24. The molecule has 0 spiro atoms. The van der Waals surface area contributed by atoms with Crippen LogP contribution in [0.25, 0.3) is 0 Å². The molecule has 0 rings (SSSR count). The van der Waals surface area contributed by atoms with Gasteiger partial charge in [0.2, 0.25) is 0 Å². The first kappa shape index (κ1) is 9.60. The first-order valence-electron chi connectivity index (χ1n) is 3.97. The Labute approximate surface area is 63.2 Å². The van der Waals surface area contributed by atoms with Crippen LogP contribution in [0.2, 0.25) is 0 Å². The third-order valence-electron chi connectivity index (χ3n) is 2.06. The average Bonchev–Trinajstić information content (AvgIpc) is 1.87. The number of hydrogen-bond acceptors (Lipinski definition) is 1. The van der Waals surface area contributed by atoms with Gasteiger partial charge in [0, 0.05) is 18.3 Å². The van der Waals surface area contributed by atoms with Crippen LogP contribution < -0.4 is 0 Å². The van der Waals surface area contributed by atoms with Gasteiger partial charge in [-0.1, -0.05) is 20.3 Å². The standard InChI is InChI=1S/C8H18NO/c1-5-7(2)6-8(3)9(4)10/h7-8H,5-6H2,1-4H3/q+1. The third-order valence-corrected chi connectivity index (χ3v) is 2.06. The van der Waals surface area contributed by atoms with Crippen LogP contribution in [0.3, 0.4) is 0 Å². The lowest BCUT2D eigenvalue weighted by Gasteiger charge is -2.07. The van der Waals surface area contributed by atoms with Crippen molar-refractivity contribution in [1.29, 1.82) is 0 Å². The quantitative estimate of drug-likeness (QED) is 0.554. The van der Waals surface area contributed by atoms with Gasteiger partial charge in [0.05, 0.1) is 0 Å². The molecule has 0 aromatic carbocycles. The molecule has 0 saturated carbocycles. The molecule has 0 aromatic heterocycles. The predicted octanol–water partition coefficient (Wildman–Crippen LogP) is 2.22. The second-order valence-electron chi connectivity index (χ2n) is 3.14. The van der Waals surface area contributed by atoms with E-state index in [4.69, 9.17) is 0 Å². The lowest BCUT2D eigenvalue weighted by atomic mass is 10.0. The Hall–Kier alpha value is -0.400. The smallest absolute Gasteiger partial charge is 0.0651 e. The minimum atomic E-state index is 0.176. The SMILES string of the molecule is CCC(C)CC(C)[N+](C)=O. The molecule has 10 heavy (non-hydrogen) atoms. The molecule has 0 aliphatic heterocycles. The van der Waals surface area contributed by atoms with E-state index in [9.17, 15) is 4.91 Å². The minimum absolute atomic E-state index is 0.176. The molecule has 0 amide bonds. The van der Waals surface area contributed by atoms with Gasteiger partial charge in [-0.25, -0.2) is 0 Å². The van der Waals surface area contributed by atoms with E-state index in [1.54, 1.807) is 7.05 Å². The van der Waals surface area contributed by atoms with Crippen LogP contribution in [-0.4, -0.2) is 17.8 Å². The molecule has 0 fully saturated rings. The van der Waals surface area contributed by atoms with Gasteiger partial charge in [0.25, 0.3) is 0 Å². The van der Waals surface area contributed by atoms with Gasteiger partial charge in [-0.3, -0.25) is 0 Å². The van der Waals surface area contributed by atoms with Gasteiger partial charge in [-0.2, -0.15) is 0 Å². The Balaban J connectivity index is 3.56. The number of hydrogen-bond donors (Lipinski definition) is 0. The van der Waals surface area contributed by atoms with Crippen molar-refractivity contribution in [1.82, 2.24) is 0 Å². The maximum Gasteiger partial charge on any atom is 0.198 e. The summed E-state index contributed by atoms with van der Waals surface area (Å²) in [5.41, 5.74) is 0. The second-order valence-corrected chi connectivity index (χ2v) is 3.14. The zero-order chi connectivity index (χ0) is 8.15. The molecule has 0 N–H and O–H groups in total. The molecular formula is C8H18NO+. The van der Waals surface area contributed by atoms with Crippen molar-refractivity contribution in [3.05, 3.63) is 4.91 Å². The summed E-state index contributed by atoms with van der Waals surface area (Å²) in [6, 6.07) is 0.176. The van der Waals surface area contributed by atoms with Crippen LogP contribution in [0.15, 0.2) is 0 Å². The fraction of sp³-hybridized carbons (Fsp3) is 1.00. The molecule has 0 heterocycles. The monoisotopic (exact) mass is 144 g/mol. The van der Waals surface area contributed by atoms with Crippen molar-refractivity contribution >= 4 is 0 Å². The Morgan fingerprint density at radius 2 is 1.90 bits per heavy atom. The molecule has 0 bridgehead atoms. The Morgan fingerprint density at radius 1 is 1.40 bits per heavy atom. The van der Waals surface area contributed by atoms with Gasteiger partial charge in [0.15, 0.2) is 13.1 Å². The average molecular weight is 144 g/mol. The number of nitrogens with zero attached hydrogens (tertiary/aromatic N) is 1. The molecule has 0 saturated heterocycles. The summed E-state index contributed by atoms with van der Waals surface area (Å²) in [4.78, 5) is 10.7. The van der Waals surface area contributed by atoms with Crippen molar-refractivity contribution in [3.8, 4) is 0 Å². The maximum atomic E-state index is 10.7. The van der Waals surface area contributed by atoms with E-state index in [2.05, 4.69) is 13.8 Å². The van der Waals surface area contributed by atoms with Crippen LogP contribution in [-0.2, 0) is 0 Å². The highest BCUT2D eigenvalue weighted by atomic mass is 16.3. The third kappa shape index (κ3) is 3.59. The van der Waals surface area contributed by atoms with Gasteiger partial charge in [-0.15, -0.1) is 0 Å². The van der Waals surface area contributed by atoms with Crippen LogP contribution in [0.4, 0.5) is 0 Å². The largest absolute Gasteiger partial charge is 0.198 e. The normalized spacial score (nSPS) is 16.4. The highest BCUT2D eigenvalue weighted by Crippen LogP contribution is 2.10. The molecule has 2 heteroatoms.